The van der Waals surface area contributed by atoms with Gasteiger partial charge in [0.15, 0.2) is 8.32 Å². The van der Waals surface area contributed by atoms with Crippen LogP contribution >= 0.6 is 0 Å². The molecule has 0 aromatic heterocycles. The lowest BCUT2D eigenvalue weighted by atomic mass is 9.86. The third kappa shape index (κ3) is 16.8. The maximum absolute atomic E-state index is 12.9. The van der Waals surface area contributed by atoms with Gasteiger partial charge in [-0.1, -0.05) is 0 Å². The molecule has 0 radical (unpaired) electrons. The Balaban J connectivity index is 1.12. The predicted octanol–water partition coefficient (Wildman–Crippen LogP) is 3.04. The average molecular weight is 733 g/mol. The van der Waals surface area contributed by atoms with Gasteiger partial charge in [0.25, 0.3) is 0 Å². The molecule has 6 aliphatic rings. The Morgan fingerprint density at radius 2 is 0.840 bits per heavy atom. The molecule has 50 heavy (non-hydrogen) atoms. The molecule has 6 aliphatic heterocycles. The van der Waals surface area contributed by atoms with Crippen molar-refractivity contribution in [3.63, 3.8) is 0 Å². The van der Waals surface area contributed by atoms with Gasteiger partial charge in [-0.2, -0.15) is 0 Å². The molecule has 7 atom stereocenters. The van der Waals surface area contributed by atoms with Gasteiger partial charge in [0.2, 0.25) is 0 Å². The topological polar surface area (TPSA) is 151 Å². The van der Waals surface area contributed by atoms with Crippen LogP contribution in [0.2, 0.25) is 17.6 Å². The molecule has 0 aliphatic carbocycles. The maximum atomic E-state index is 12.9. The van der Waals surface area contributed by atoms with Crippen molar-refractivity contribution in [3.05, 3.63) is 0 Å². The molecule has 0 aromatic rings. The van der Waals surface area contributed by atoms with E-state index in [1.807, 2.05) is 0 Å². The van der Waals surface area contributed by atoms with Crippen molar-refractivity contribution < 1.29 is 61.6 Å². The highest BCUT2D eigenvalue weighted by Gasteiger charge is 2.45. The number of hydrogen-bond donors (Lipinski definition) is 1. The number of epoxide rings is 6. The monoisotopic (exact) mass is 732 g/mol. The van der Waals surface area contributed by atoms with E-state index in [0.29, 0.717) is 72.7 Å². The Bertz CT molecular complexity index is 880. The highest BCUT2D eigenvalue weighted by molar-refractivity contribution is 6.74. The zero-order valence-corrected chi connectivity index (χ0v) is 31.2. The van der Waals surface area contributed by atoms with Crippen molar-refractivity contribution in [1.82, 2.24) is 0 Å². The van der Waals surface area contributed by atoms with E-state index in [-0.39, 0.29) is 42.2 Å². The first-order valence-electron chi connectivity index (χ1n) is 19.5. The number of hydrogen-bond acceptors (Lipinski definition) is 13. The lowest BCUT2D eigenvalue weighted by Crippen LogP contribution is -2.46. The predicted molar refractivity (Wildman–Crippen MR) is 184 cm³/mol. The first-order valence-corrected chi connectivity index (χ1v) is 22.0. The third-order valence-corrected chi connectivity index (χ3v) is 14.8. The summed E-state index contributed by atoms with van der Waals surface area (Å²) in [6, 6.07) is 1.56. The Kier molecular flexibility index (Phi) is 16.5. The Hall–Kier alpha value is -0.303. The summed E-state index contributed by atoms with van der Waals surface area (Å²) >= 11 is 0. The van der Waals surface area contributed by atoms with E-state index in [1.165, 1.54) is 0 Å². The van der Waals surface area contributed by atoms with Crippen LogP contribution in [0.25, 0.3) is 0 Å². The van der Waals surface area contributed by atoms with Crippen LogP contribution in [0.1, 0.15) is 57.8 Å². The minimum atomic E-state index is -2.85. The molecule has 6 fully saturated rings. The minimum absolute atomic E-state index is 0.114. The summed E-state index contributed by atoms with van der Waals surface area (Å²) < 4.78 is 69.2. The summed E-state index contributed by atoms with van der Waals surface area (Å²) in [6.45, 7) is 11.7. The largest absolute Gasteiger partial charge is 0.431 e. The van der Waals surface area contributed by atoms with Crippen molar-refractivity contribution >= 4 is 8.32 Å². The molecule has 7 unspecified atom stereocenters. The SMILES string of the molecule is O[Si](CCCOCC1CO1)(CCCOCC1CO1)C(CCCOCC1CO1)CC(CCCOCC1CO1)(CCCOCC1CO1)OCC1CO1. The second-order valence-electron chi connectivity index (χ2n) is 15.2. The van der Waals surface area contributed by atoms with Crippen molar-refractivity contribution in [1.29, 1.82) is 0 Å². The van der Waals surface area contributed by atoms with Gasteiger partial charge in [-0.05, 0) is 75.4 Å². The molecular formula is C36H64O13Si. The quantitative estimate of drug-likeness (QED) is 0.0572. The fourth-order valence-electron chi connectivity index (χ4n) is 6.79. The van der Waals surface area contributed by atoms with Crippen LogP contribution in [0, 0.1) is 0 Å². The van der Waals surface area contributed by atoms with Gasteiger partial charge in [-0.3, -0.25) is 0 Å². The van der Waals surface area contributed by atoms with Crippen LogP contribution in [0.4, 0.5) is 0 Å². The van der Waals surface area contributed by atoms with Crippen molar-refractivity contribution in [2.75, 3.05) is 112 Å². The summed E-state index contributed by atoms with van der Waals surface area (Å²) in [5.41, 5.74) is -0.317. The average Bonchev–Trinajstić information content (AvgIpc) is 3.89. The number of ether oxygens (including phenoxy) is 12. The molecule has 0 bridgehead atoms. The molecular weight excluding hydrogens is 668 g/mol. The third-order valence-electron chi connectivity index (χ3n) is 10.4. The highest BCUT2D eigenvalue weighted by atomic mass is 28.4. The van der Waals surface area contributed by atoms with Gasteiger partial charge in [0, 0.05) is 33.0 Å². The minimum Gasteiger partial charge on any atom is -0.431 e. The molecule has 0 amide bonds. The van der Waals surface area contributed by atoms with Crippen LogP contribution in [0.3, 0.4) is 0 Å². The highest BCUT2D eigenvalue weighted by Crippen LogP contribution is 2.44. The second-order valence-corrected chi connectivity index (χ2v) is 19.2. The molecule has 0 aromatic carbocycles. The smallest absolute Gasteiger partial charge is 0.191 e. The molecule has 0 saturated carbocycles. The Morgan fingerprint density at radius 3 is 1.22 bits per heavy atom. The maximum Gasteiger partial charge on any atom is 0.191 e. The Morgan fingerprint density at radius 1 is 0.500 bits per heavy atom. The molecule has 13 nitrogen and oxygen atoms in total. The van der Waals surface area contributed by atoms with Gasteiger partial charge in [-0.25, -0.2) is 0 Å². The van der Waals surface area contributed by atoms with Gasteiger partial charge in [-0.15, -0.1) is 0 Å². The molecule has 1 N–H and O–H groups in total. The zero-order valence-electron chi connectivity index (χ0n) is 30.2. The van der Waals surface area contributed by atoms with Crippen LogP contribution < -0.4 is 0 Å². The van der Waals surface area contributed by atoms with E-state index in [9.17, 15) is 4.80 Å². The molecule has 6 rings (SSSR count). The van der Waals surface area contributed by atoms with Gasteiger partial charge in [0.05, 0.1) is 84.9 Å². The normalized spacial score (nSPS) is 30.4. The molecule has 6 heterocycles. The fraction of sp³-hybridized carbons (Fsp3) is 1.00. The summed E-state index contributed by atoms with van der Waals surface area (Å²) in [5.74, 6) is 0. The van der Waals surface area contributed by atoms with Gasteiger partial charge >= 0.3 is 0 Å². The van der Waals surface area contributed by atoms with E-state index in [4.69, 9.17) is 56.8 Å². The fourth-order valence-corrected chi connectivity index (χ4v) is 10.9. The van der Waals surface area contributed by atoms with E-state index in [1.54, 1.807) is 0 Å². The van der Waals surface area contributed by atoms with Crippen molar-refractivity contribution in [2.45, 2.75) is 118 Å². The van der Waals surface area contributed by atoms with E-state index in [0.717, 1.165) is 110 Å². The van der Waals surface area contributed by atoms with Crippen LogP contribution in [0.5, 0.6) is 0 Å². The summed E-state index contributed by atoms with van der Waals surface area (Å²) in [6.07, 6.45) is 9.03. The molecule has 14 heteroatoms. The first kappa shape index (κ1) is 39.4. The number of rotatable bonds is 36. The zero-order chi connectivity index (χ0) is 34.3. The van der Waals surface area contributed by atoms with E-state index >= 15 is 0 Å². The van der Waals surface area contributed by atoms with Gasteiger partial charge in [0.1, 0.15) is 36.6 Å². The summed E-state index contributed by atoms with van der Waals surface area (Å²) in [5, 5.41) is 0. The van der Waals surface area contributed by atoms with Gasteiger partial charge < -0.3 is 61.6 Å². The molecule has 6 saturated heterocycles. The van der Waals surface area contributed by atoms with Crippen LogP contribution in [-0.2, 0) is 56.8 Å². The standard InChI is InChI=1S/C36H64O13Si/c37-50(14-4-12-41-20-32-25-46-32,15-5-13-42-21-33-26-47-33)35(6-1-9-38-17-29-22-43-29)16-36(49-28-34-27-48-34,7-2-10-39-18-30-23-44-30)8-3-11-40-19-31-24-45-31/h29-35,37H,1-28H2. The molecule has 290 valence electrons. The first-order chi connectivity index (χ1) is 24.6. The molecule has 0 spiro atoms. The summed E-state index contributed by atoms with van der Waals surface area (Å²) in [4.78, 5) is 12.9. The second kappa shape index (κ2) is 21.0. The lowest BCUT2D eigenvalue weighted by molar-refractivity contribution is -0.0795. The van der Waals surface area contributed by atoms with E-state index < -0.39 is 13.9 Å². The Labute approximate surface area is 299 Å². The van der Waals surface area contributed by atoms with Crippen LogP contribution in [0.15, 0.2) is 0 Å². The summed E-state index contributed by atoms with van der Waals surface area (Å²) in [7, 11) is -2.85. The lowest BCUT2D eigenvalue weighted by Gasteiger charge is -2.42. The van der Waals surface area contributed by atoms with Crippen molar-refractivity contribution in [2.24, 2.45) is 0 Å². The van der Waals surface area contributed by atoms with Crippen molar-refractivity contribution in [3.8, 4) is 0 Å². The van der Waals surface area contributed by atoms with E-state index in [2.05, 4.69) is 0 Å². The van der Waals surface area contributed by atoms with Crippen LogP contribution in [-0.4, -0.2) is 168 Å².